The number of urea groups is 1. The third-order valence-corrected chi connectivity index (χ3v) is 3.91. The van der Waals surface area contributed by atoms with Crippen LogP contribution >= 0.6 is 0 Å². The predicted molar refractivity (Wildman–Crippen MR) is 82.1 cm³/mol. The Morgan fingerprint density at radius 2 is 2.04 bits per heavy atom. The van der Waals surface area contributed by atoms with Gasteiger partial charge >= 0.3 is 12.2 Å². The molecule has 132 valence electrons. The summed E-state index contributed by atoms with van der Waals surface area (Å²) < 4.78 is 39.0. The molecule has 24 heavy (non-hydrogen) atoms. The number of alkyl halides is 3. The maximum absolute atomic E-state index is 13.0. The predicted octanol–water partition coefficient (Wildman–Crippen LogP) is 2.52. The fourth-order valence-electron chi connectivity index (χ4n) is 2.60. The number of hydrogen-bond acceptors (Lipinski definition) is 2. The quantitative estimate of drug-likeness (QED) is 0.886. The second kappa shape index (κ2) is 7.55. The van der Waals surface area contributed by atoms with Crippen molar-refractivity contribution in [1.82, 2.24) is 15.5 Å². The van der Waals surface area contributed by atoms with Crippen LogP contribution < -0.4 is 10.6 Å². The van der Waals surface area contributed by atoms with Crippen molar-refractivity contribution in [3.8, 4) is 0 Å². The molecule has 1 saturated heterocycles. The van der Waals surface area contributed by atoms with Crippen LogP contribution in [-0.4, -0.2) is 36.5 Å². The number of nitrogens with one attached hydrogen (secondary N) is 2. The van der Waals surface area contributed by atoms with E-state index >= 15 is 0 Å². The zero-order valence-corrected chi connectivity index (χ0v) is 13.3. The molecule has 1 fully saturated rings. The van der Waals surface area contributed by atoms with Crippen LogP contribution in [0.2, 0.25) is 0 Å². The number of nitrogens with zero attached hydrogens (tertiary/aromatic N) is 1. The molecular weight excluding hydrogens is 323 g/mol. The highest BCUT2D eigenvalue weighted by atomic mass is 19.4. The van der Waals surface area contributed by atoms with Crippen molar-refractivity contribution < 1.29 is 22.8 Å². The number of halogens is 3. The zero-order valence-electron chi connectivity index (χ0n) is 13.3. The Kier molecular flexibility index (Phi) is 5.69. The van der Waals surface area contributed by atoms with Crippen LogP contribution in [0.15, 0.2) is 24.3 Å². The molecule has 2 N–H and O–H groups in total. The van der Waals surface area contributed by atoms with Crippen molar-refractivity contribution in [3.05, 3.63) is 35.4 Å². The van der Waals surface area contributed by atoms with Crippen LogP contribution in [0, 0.1) is 0 Å². The molecule has 5 nitrogen and oxygen atoms in total. The minimum atomic E-state index is -4.48. The van der Waals surface area contributed by atoms with Gasteiger partial charge in [0.2, 0.25) is 5.91 Å². The molecule has 1 heterocycles. The molecule has 1 aliphatic heterocycles. The van der Waals surface area contributed by atoms with Crippen LogP contribution in [0.5, 0.6) is 0 Å². The minimum Gasteiger partial charge on any atom is -0.354 e. The molecule has 0 aromatic heterocycles. The summed E-state index contributed by atoms with van der Waals surface area (Å²) in [5.74, 6) is -0.259. The van der Waals surface area contributed by atoms with Crippen molar-refractivity contribution >= 4 is 11.9 Å². The Morgan fingerprint density at radius 1 is 1.33 bits per heavy atom. The average molecular weight is 343 g/mol. The number of carbonyl (C=O) groups is 2. The Bertz CT molecular complexity index is 604. The number of benzene rings is 1. The molecule has 1 aromatic carbocycles. The van der Waals surface area contributed by atoms with E-state index in [1.807, 2.05) is 0 Å². The van der Waals surface area contributed by atoms with E-state index in [1.54, 1.807) is 0 Å². The first-order valence-corrected chi connectivity index (χ1v) is 7.73. The van der Waals surface area contributed by atoms with Gasteiger partial charge in [-0.3, -0.25) is 4.79 Å². The lowest BCUT2D eigenvalue weighted by Crippen LogP contribution is -2.49. The van der Waals surface area contributed by atoms with E-state index in [4.69, 9.17) is 0 Å². The highest BCUT2D eigenvalue weighted by molar-refractivity contribution is 5.87. The standard InChI is InChI=1S/C16H20F3N3O2/c1-22(10-11-6-2-3-7-12(11)16(17,18)19)15(24)21-13-8-4-5-9-20-14(13)23/h2-3,6-7,13H,4-5,8-10H2,1H3,(H,20,23)(H,21,24)/t13-/m0/s1. The third kappa shape index (κ3) is 4.62. The molecule has 1 atom stereocenters. The Hall–Kier alpha value is -2.25. The van der Waals surface area contributed by atoms with Crippen molar-refractivity contribution in [2.24, 2.45) is 0 Å². The first-order valence-electron chi connectivity index (χ1n) is 7.73. The largest absolute Gasteiger partial charge is 0.416 e. The van der Waals surface area contributed by atoms with E-state index in [0.29, 0.717) is 13.0 Å². The van der Waals surface area contributed by atoms with Gasteiger partial charge in [0.25, 0.3) is 0 Å². The summed E-state index contributed by atoms with van der Waals surface area (Å²) in [5, 5.41) is 5.28. The SMILES string of the molecule is CN(Cc1ccccc1C(F)(F)F)C(=O)N[C@H]1CCCCNC1=O. The van der Waals surface area contributed by atoms with Crippen LogP contribution in [0.4, 0.5) is 18.0 Å². The van der Waals surface area contributed by atoms with E-state index in [2.05, 4.69) is 10.6 Å². The first kappa shape index (κ1) is 18.1. The van der Waals surface area contributed by atoms with Gasteiger partial charge in [0.1, 0.15) is 6.04 Å². The Morgan fingerprint density at radius 3 is 2.75 bits per heavy atom. The number of amides is 3. The van der Waals surface area contributed by atoms with Gasteiger partial charge in [-0.15, -0.1) is 0 Å². The van der Waals surface area contributed by atoms with Gasteiger partial charge in [-0.25, -0.2) is 4.79 Å². The van der Waals surface area contributed by atoms with Crippen LogP contribution in [0.3, 0.4) is 0 Å². The second-order valence-corrected chi connectivity index (χ2v) is 5.80. The van der Waals surface area contributed by atoms with E-state index in [0.717, 1.165) is 23.8 Å². The van der Waals surface area contributed by atoms with Crippen molar-refractivity contribution in [2.45, 2.75) is 38.0 Å². The van der Waals surface area contributed by atoms with Crippen molar-refractivity contribution in [3.63, 3.8) is 0 Å². The molecule has 0 unspecified atom stereocenters. The fraction of sp³-hybridized carbons (Fsp3) is 0.500. The van der Waals surface area contributed by atoms with Gasteiger partial charge in [0, 0.05) is 20.1 Å². The topological polar surface area (TPSA) is 61.4 Å². The maximum Gasteiger partial charge on any atom is 0.416 e. The summed E-state index contributed by atoms with van der Waals surface area (Å²) in [5.41, 5.74) is -0.759. The van der Waals surface area contributed by atoms with Crippen molar-refractivity contribution in [1.29, 1.82) is 0 Å². The number of carbonyl (C=O) groups excluding carboxylic acids is 2. The summed E-state index contributed by atoms with van der Waals surface area (Å²) in [6.07, 6.45) is -2.32. The highest BCUT2D eigenvalue weighted by Gasteiger charge is 2.33. The fourth-order valence-corrected chi connectivity index (χ4v) is 2.60. The first-order chi connectivity index (χ1) is 11.3. The molecule has 0 saturated carbocycles. The molecule has 0 spiro atoms. The summed E-state index contributed by atoms with van der Waals surface area (Å²) in [6, 6.07) is 3.90. The highest BCUT2D eigenvalue weighted by Crippen LogP contribution is 2.32. The number of hydrogen-bond donors (Lipinski definition) is 2. The molecule has 8 heteroatoms. The van der Waals surface area contributed by atoms with Gasteiger partial charge in [-0.05, 0) is 30.9 Å². The lowest BCUT2D eigenvalue weighted by atomic mass is 10.1. The monoisotopic (exact) mass is 343 g/mol. The van der Waals surface area contributed by atoms with Crippen molar-refractivity contribution in [2.75, 3.05) is 13.6 Å². The number of rotatable bonds is 3. The molecule has 2 rings (SSSR count). The lowest BCUT2D eigenvalue weighted by molar-refractivity contribution is -0.138. The molecule has 0 radical (unpaired) electrons. The molecule has 0 bridgehead atoms. The Labute approximate surface area is 138 Å². The molecule has 3 amide bonds. The summed E-state index contributed by atoms with van der Waals surface area (Å²) in [6.45, 7) is 0.371. The van der Waals surface area contributed by atoms with E-state index in [9.17, 15) is 22.8 Å². The van der Waals surface area contributed by atoms with Gasteiger partial charge in [-0.2, -0.15) is 13.2 Å². The lowest BCUT2D eigenvalue weighted by Gasteiger charge is -2.23. The minimum absolute atomic E-state index is 0.00738. The van der Waals surface area contributed by atoms with E-state index in [1.165, 1.54) is 25.2 Å². The van der Waals surface area contributed by atoms with Gasteiger partial charge < -0.3 is 15.5 Å². The third-order valence-electron chi connectivity index (χ3n) is 3.91. The normalized spacial score (nSPS) is 18.5. The summed E-state index contributed by atoms with van der Waals surface area (Å²) >= 11 is 0. The summed E-state index contributed by atoms with van der Waals surface area (Å²) in [7, 11) is 1.40. The van der Waals surface area contributed by atoms with Gasteiger partial charge in [0.15, 0.2) is 0 Å². The van der Waals surface area contributed by atoms with Crippen LogP contribution in [0.1, 0.15) is 30.4 Å². The summed E-state index contributed by atoms with van der Waals surface area (Å²) in [4.78, 5) is 25.2. The second-order valence-electron chi connectivity index (χ2n) is 5.80. The molecule has 0 aliphatic carbocycles. The van der Waals surface area contributed by atoms with Gasteiger partial charge in [-0.1, -0.05) is 18.2 Å². The molecule has 1 aromatic rings. The van der Waals surface area contributed by atoms with Gasteiger partial charge in [0.05, 0.1) is 5.56 Å². The smallest absolute Gasteiger partial charge is 0.354 e. The zero-order chi connectivity index (χ0) is 17.7. The van der Waals surface area contributed by atoms with E-state index < -0.39 is 23.8 Å². The molecular formula is C16H20F3N3O2. The molecule has 1 aliphatic rings. The van der Waals surface area contributed by atoms with Crippen LogP contribution in [-0.2, 0) is 17.5 Å². The van der Waals surface area contributed by atoms with Crippen LogP contribution in [0.25, 0.3) is 0 Å². The van der Waals surface area contributed by atoms with E-state index in [-0.39, 0.29) is 18.0 Å². The average Bonchev–Trinajstić information content (AvgIpc) is 2.71. The Balaban J connectivity index is 2.03. The maximum atomic E-state index is 13.0.